The van der Waals surface area contributed by atoms with Gasteiger partial charge in [0.25, 0.3) is 0 Å². The van der Waals surface area contributed by atoms with Gasteiger partial charge in [-0.1, -0.05) is 23.7 Å². The lowest BCUT2D eigenvalue weighted by Gasteiger charge is -2.28. The molecule has 0 amide bonds. The van der Waals surface area contributed by atoms with Gasteiger partial charge in [-0.25, -0.2) is 0 Å². The predicted molar refractivity (Wildman–Crippen MR) is 90.8 cm³/mol. The fraction of sp³-hybridized carbons (Fsp3) is 0.500. The Bertz CT molecular complexity index is 618. The molecular weight excluding hydrogens is 353 g/mol. The van der Waals surface area contributed by atoms with Crippen LogP contribution in [0.1, 0.15) is 32.0 Å². The molecule has 0 radical (unpaired) electrons. The number of esters is 1. The van der Waals surface area contributed by atoms with Crippen LogP contribution in [0.4, 0.5) is 0 Å². The van der Waals surface area contributed by atoms with Crippen molar-refractivity contribution in [3.63, 3.8) is 0 Å². The zero-order valence-corrected chi connectivity index (χ0v) is 15.5. The molecule has 1 aromatic carbocycles. The van der Waals surface area contributed by atoms with Crippen LogP contribution in [0.5, 0.6) is 0 Å². The monoisotopic (exact) mass is 373 g/mol. The van der Waals surface area contributed by atoms with Crippen LogP contribution >= 0.6 is 19.2 Å². The average molecular weight is 374 g/mol. The highest BCUT2D eigenvalue weighted by molar-refractivity contribution is 7.54. The summed E-state index contributed by atoms with van der Waals surface area (Å²) < 4.78 is 29.0. The van der Waals surface area contributed by atoms with E-state index in [9.17, 15) is 14.6 Å². The zero-order chi connectivity index (χ0) is 18.2. The molecule has 0 bridgehead atoms. The highest BCUT2D eigenvalue weighted by Gasteiger charge is 2.46. The number of hydrogen-bond donors (Lipinski definition) is 0. The topological polar surface area (TPSA) is 85.6 Å². The maximum atomic E-state index is 13.3. The van der Waals surface area contributed by atoms with Crippen LogP contribution in [-0.2, 0) is 23.1 Å². The lowest BCUT2D eigenvalue weighted by molar-refractivity contribution is -0.146. The predicted octanol–water partition coefficient (Wildman–Crippen LogP) is 4.35. The van der Waals surface area contributed by atoms with Crippen molar-refractivity contribution in [2.24, 2.45) is 5.92 Å². The molecule has 0 aliphatic carbocycles. The highest BCUT2D eigenvalue weighted by Crippen LogP contribution is 2.64. The molecule has 0 N–H and O–H groups in total. The van der Waals surface area contributed by atoms with E-state index in [1.54, 1.807) is 45.0 Å². The van der Waals surface area contributed by atoms with Crippen molar-refractivity contribution in [3.05, 3.63) is 34.9 Å². The van der Waals surface area contributed by atoms with Crippen LogP contribution in [0.2, 0.25) is 5.02 Å². The molecule has 0 saturated heterocycles. The van der Waals surface area contributed by atoms with Crippen LogP contribution in [0, 0.1) is 17.2 Å². The number of nitriles is 1. The molecule has 2 unspecified atom stereocenters. The van der Waals surface area contributed by atoms with Crippen LogP contribution in [0.3, 0.4) is 0 Å². The second-order valence-corrected chi connectivity index (χ2v) is 7.32. The summed E-state index contributed by atoms with van der Waals surface area (Å²) in [5, 5.41) is 9.98. The first-order chi connectivity index (χ1) is 11.4. The zero-order valence-electron chi connectivity index (χ0n) is 13.9. The Morgan fingerprint density at radius 3 is 2.12 bits per heavy atom. The summed E-state index contributed by atoms with van der Waals surface area (Å²) in [5.41, 5.74) is -0.636. The number of ether oxygens (including phenoxy) is 1. The van der Waals surface area contributed by atoms with Crippen molar-refractivity contribution in [1.82, 2.24) is 0 Å². The van der Waals surface area contributed by atoms with E-state index in [4.69, 9.17) is 25.4 Å². The molecular formula is C16H21ClNO5P. The molecule has 2 atom stereocenters. The summed E-state index contributed by atoms with van der Waals surface area (Å²) in [6.07, 6.45) is 0. The minimum Gasteiger partial charge on any atom is -0.465 e. The molecule has 0 fully saturated rings. The van der Waals surface area contributed by atoms with Gasteiger partial charge in [-0.15, -0.1) is 0 Å². The van der Waals surface area contributed by atoms with Crippen LogP contribution in [-0.4, -0.2) is 25.8 Å². The molecule has 0 spiro atoms. The average Bonchev–Trinajstić information content (AvgIpc) is 2.54. The van der Waals surface area contributed by atoms with Gasteiger partial charge in [-0.3, -0.25) is 9.36 Å². The number of rotatable bonds is 9. The Morgan fingerprint density at radius 1 is 1.17 bits per heavy atom. The molecule has 8 heteroatoms. The summed E-state index contributed by atoms with van der Waals surface area (Å²) in [4.78, 5) is 12.2. The first-order valence-corrected chi connectivity index (χ1v) is 9.62. The standard InChI is InChI=1S/C16H21ClNO5P/c1-4-21-16(19)14(11-18)15(12-7-9-13(17)10-8-12)24(20,22-5-2)23-6-3/h7-10,14-15H,4-6H2,1-3H3. The van der Waals surface area contributed by atoms with E-state index >= 15 is 0 Å². The smallest absolute Gasteiger partial charge is 0.340 e. The normalized spacial score (nSPS) is 13.8. The lowest BCUT2D eigenvalue weighted by atomic mass is 10.00. The highest BCUT2D eigenvalue weighted by atomic mass is 35.5. The van der Waals surface area contributed by atoms with Gasteiger partial charge in [-0.05, 0) is 38.5 Å². The van der Waals surface area contributed by atoms with Gasteiger partial charge in [0.1, 0.15) is 5.66 Å². The van der Waals surface area contributed by atoms with Crippen molar-refractivity contribution in [3.8, 4) is 6.07 Å². The lowest BCUT2D eigenvalue weighted by Crippen LogP contribution is -2.25. The molecule has 0 saturated carbocycles. The molecule has 0 aliphatic rings. The van der Waals surface area contributed by atoms with Crippen LogP contribution in [0.15, 0.2) is 24.3 Å². The van der Waals surface area contributed by atoms with Gasteiger partial charge in [0.2, 0.25) is 0 Å². The molecule has 132 valence electrons. The maximum absolute atomic E-state index is 13.3. The summed E-state index contributed by atoms with van der Waals surface area (Å²) in [6, 6.07) is 8.26. The van der Waals surface area contributed by atoms with Crippen molar-refractivity contribution < 1.29 is 23.1 Å². The number of carbonyl (C=O) groups is 1. The summed E-state index contributed by atoms with van der Waals surface area (Å²) in [7, 11) is -3.78. The maximum Gasteiger partial charge on any atom is 0.340 e. The quantitative estimate of drug-likeness (QED) is 0.472. The Balaban J connectivity index is 3.44. The van der Waals surface area contributed by atoms with E-state index in [1.807, 2.05) is 6.07 Å². The van der Waals surface area contributed by atoms with Gasteiger partial charge < -0.3 is 13.8 Å². The molecule has 0 heterocycles. The number of benzene rings is 1. The van der Waals surface area contributed by atoms with Crippen molar-refractivity contribution >= 4 is 25.2 Å². The summed E-state index contributed by atoms with van der Waals surface area (Å²) in [6.45, 7) is 5.30. The fourth-order valence-electron chi connectivity index (χ4n) is 2.26. The molecule has 0 aliphatic heterocycles. The number of nitrogens with zero attached hydrogens (tertiary/aromatic N) is 1. The summed E-state index contributed by atoms with van der Waals surface area (Å²) >= 11 is 5.89. The van der Waals surface area contributed by atoms with Crippen molar-refractivity contribution in [2.45, 2.75) is 26.4 Å². The summed E-state index contributed by atoms with van der Waals surface area (Å²) in [5.74, 6) is -2.09. The number of carbonyl (C=O) groups excluding carboxylic acids is 1. The van der Waals surface area contributed by atoms with Gasteiger partial charge in [-0.2, -0.15) is 5.26 Å². The van der Waals surface area contributed by atoms with Gasteiger partial charge in [0.15, 0.2) is 5.92 Å². The third-order valence-corrected chi connectivity index (χ3v) is 5.93. The van der Waals surface area contributed by atoms with E-state index in [0.717, 1.165) is 0 Å². The minimum atomic E-state index is -3.78. The van der Waals surface area contributed by atoms with Gasteiger partial charge in [0.05, 0.1) is 25.9 Å². The minimum absolute atomic E-state index is 0.109. The van der Waals surface area contributed by atoms with E-state index in [-0.39, 0.29) is 19.8 Å². The third kappa shape index (κ3) is 5.06. The van der Waals surface area contributed by atoms with Gasteiger partial charge in [0, 0.05) is 5.02 Å². The van der Waals surface area contributed by atoms with E-state index < -0.39 is 25.1 Å². The van der Waals surface area contributed by atoms with Crippen LogP contribution < -0.4 is 0 Å². The Hall–Kier alpha value is -1.38. The van der Waals surface area contributed by atoms with Crippen LogP contribution in [0.25, 0.3) is 0 Å². The van der Waals surface area contributed by atoms with E-state index in [2.05, 4.69) is 0 Å². The SMILES string of the molecule is CCOC(=O)C(C#N)C(c1ccc(Cl)cc1)P(=O)(OCC)OCC. The third-order valence-electron chi connectivity index (χ3n) is 3.17. The largest absolute Gasteiger partial charge is 0.465 e. The number of halogens is 1. The molecule has 6 nitrogen and oxygen atoms in total. The first kappa shape index (κ1) is 20.7. The first-order valence-electron chi connectivity index (χ1n) is 7.63. The van der Waals surface area contributed by atoms with E-state index in [0.29, 0.717) is 10.6 Å². The molecule has 24 heavy (non-hydrogen) atoms. The Kier molecular flexibility index (Phi) is 8.44. The van der Waals surface area contributed by atoms with Crippen molar-refractivity contribution in [2.75, 3.05) is 19.8 Å². The second-order valence-electron chi connectivity index (χ2n) is 4.73. The Morgan fingerprint density at radius 2 is 1.71 bits per heavy atom. The molecule has 1 rings (SSSR count). The molecule has 0 aromatic heterocycles. The Labute approximate surface area is 147 Å². The van der Waals surface area contributed by atoms with Crippen molar-refractivity contribution in [1.29, 1.82) is 5.26 Å². The van der Waals surface area contributed by atoms with Gasteiger partial charge >= 0.3 is 13.6 Å². The number of hydrogen-bond acceptors (Lipinski definition) is 6. The fourth-order valence-corrected chi connectivity index (χ4v) is 4.59. The second kappa shape index (κ2) is 9.80. The molecule has 1 aromatic rings. The van der Waals surface area contributed by atoms with E-state index in [1.165, 1.54) is 0 Å².